The smallest absolute Gasteiger partial charge is 0.214 e. The lowest BCUT2D eigenvalue weighted by molar-refractivity contribution is -0.0194. The van der Waals surface area contributed by atoms with Gasteiger partial charge in [-0.2, -0.15) is 5.10 Å². The Bertz CT molecular complexity index is 1040. The Morgan fingerprint density at radius 1 is 0.926 bits per heavy atom. The molecule has 5 rings (SSSR count). The molecule has 0 saturated carbocycles. The summed E-state index contributed by atoms with van der Waals surface area (Å²) in [4.78, 5) is 0. The number of para-hydroxylation sites is 2. The molecule has 0 spiro atoms. The monoisotopic (exact) mass is 356 g/mol. The number of phenols is 1. The van der Waals surface area contributed by atoms with Crippen LogP contribution in [0.3, 0.4) is 0 Å². The number of aromatic hydroxyl groups is 1. The Morgan fingerprint density at radius 2 is 1.63 bits per heavy atom. The summed E-state index contributed by atoms with van der Waals surface area (Å²) in [6.45, 7) is 2.10. The van der Waals surface area contributed by atoms with Crippen molar-refractivity contribution >= 4 is 5.71 Å². The molecule has 0 fully saturated rings. The van der Waals surface area contributed by atoms with E-state index in [2.05, 4.69) is 25.1 Å². The van der Waals surface area contributed by atoms with Crippen molar-refractivity contribution in [2.24, 2.45) is 5.10 Å². The molecule has 4 nitrogen and oxygen atoms in total. The predicted octanol–water partition coefficient (Wildman–Crippen LogP) is 4.94. The van der Waals surface area contributed by atoms with Crippen LogP contribution in [0.15, 0.2) is 77.9 Å². The Kier molecular flexibility index (Phi) is 3.64. The van der Waals surface area contributed by atoms with Crippen molar-refractivity contribution < 1.29 is 9.84 Å². The fourth-order valence-electron chi connectivity index (χ4n) is 3.98. The van der Waals surface area contributed by atoms with Gasteiger partial charge in [0, 0.05) is 23.1 Å². The lowest BCUT2D eigenvalue weighted by atomic mass is 9.95. The minimum Gasteiger partial charge on any atom is -0.507 e. The molecule has 2 aliphatic heterocycles. The second-order valence-corrected chi connectivity index (χ2v) is 7.03. The number of fused-ring (bicyclic) bond motifs is 3. The number of hydrazone groups is 1. The number of nitrogens with zero attached hydrogens (tertiary/aromatic N) is 2. The number of rotatable bonds is 2. The van der Waals surface area contributed by atoms with E-state index in [1.165, 1.54) is 5.56 Å². The topological polar surface area (TPSA) is 45.1 Å². The van der Waals surface area contributed by atoms with Crippen molar-refractivity contribution in [2.45, 2.75) is 25.6 Å². The first-order valence-corrected chi connectivity index (χ1v) is 9.17. The highest BCUT2D eigenvalue weighted by Crippen LogP contribution is 2.48. The maximum absolute atomic E-state index is 10.3. The van der Waals surface area contributed by atoms with Crippen molar-refractivity contribution in [2.75, 3.05) is 0 Å². The van der Waals surface area contributed by atoms with Crippen LogP contribution in [-0.2, 0) is 0 Å². The van der Waals surface area contributed by atoms with Crippen LogP contribution in [0.4, 0.5) is 0 Å². The lowest BCUT2D eigenvalue weighted by Gasteiger charge is -2.38. The second kappa shape index (κ2) is 6.16. The molecule has 3 aromatic rings. The first-order valence-electron chi connectivity index (χ1n) is 9.17. The zero-order valence-corrected chi connectivity index (χ0v) is 15.0. The molecule has 134 valence electrons. The number of aryl methyl sites for hydroxylation is 1. The molecule has 0 aliphatic carbocycles. The third-order valence-corrected chi connectivity index (χ3v) is 5.37. The average Bonchev–Trinajstić information content (AvgIpc) is 3.14. The molecular weight excluding hydrogens is 336 g/mol. The molecule has 2 heterocycles. The molecule has 1 N–H and O–H groups in total. The van der Waals surface area contributed by atoms with Crippen LogP contribution in [-0.4, -0.2) is 15.8 Å². The summed E-state index contributed by atoms with van der Waals surface area (Å²) in [5.74, 6) is 1.17. The van der Waals surface area contributed by atoms with E-state index in [1.54, 1.807) is 6.07 Å². The SMILES string of the molecule is Cc1ccccc1[C@@H]1Oc2ccccc2[C@@H]2CC(c3ccccc3O)=NN21. The molecule has 2 atom stereocenters. The normalized spacial score (nSPS) is 20.5. The van der Waals surface area contributed by atoms with Crippen molar-refractivity contribution in [3.8, 4) is 11.5 Å². The van der Waals surface area contributed by atoms with Gasteiger partial charge in [-0.05, 0) is 30.7 Å². The molecule has 0 unspecified atom stereocenters. The van der Waals surface area contributed by atoms with Gasteiger partial charge in [-0.15, -0.1) is 0 Å². The van der Waals surface area contributed by atoms with Gasteiger partial charge >= 0.3 is 0 Å². The first kappa shape index (κ1) is 15.9. The van der Waals surface area contributed by atoms with Crippen LogP contribution in [0, 0.1) is 6.92 Å². The number of ether oxygens (including phenoxy) is 1. The van der Waals surface area contributed by atoms with E-state index in [-0.39, 0.29) is 18.0 Å². The molecule has 4 heteroatoms. The van der Waals surface area contributed by atoms with E-state index >= 15 is 0 Å². The van der Waals surface area contributed by atoms with Crippen LogP contribution in [0.25, 0.3) is 0 Å². The van der Waals surface area contributed by atoms with Gasteiger partial charge in [0.1, 0.15) is 11.5 Å². The van der Waals surface area contributed by atoms with Crippen molar-refractivity contribution in [3.05, 3.63) is 95.1 Å². The maximum atomic E-state index is 10.3. The Morgan fingerprint density at radius 3 is 2.44 bits per heavy atom. The van der Waals surface area contributed by atoms with E-state index in [0.29, 0.717) is 0 Å². The third kappa shape index (κ3) is 2.56. The minimum atomic E-state index is -0.283. The summed E-state index contributed by atoms with van der Waals surface area (Å²) in [5.41, 5.74) is 5.09. The zero-order valence-electron chi connectivity index (χ0n) is 15.0. The van der Waals surface area contributed by atoms with E-state index in [0.717, 1.165) is 34.6 Å². The summed E-state index contributed by atoms with van der Waals surface area (Å²) < 4.78 is 6.38. The van der Waals surface area contributed by atoms with Gasteiger partial charge < -0.3 is 9.84 Å². The zero-order chi connectivity index (χ0) is 18.4. The summed E-state index contributed by atoms with van der Waals surface area (Å²) in [6, 6.07) is 23.9. The molecule has 0 bridgehead atoms. The number of phenolic OH excluding ortho intramolecular Hbond substituents is 1. The quantitative estimate of drug-likeness (QED) is 0.707. The Labute approximate surface area is 158 Å². The van der Waals surface area contributed by atoms with Gasteiger partial charge in [-0.25, -0.2) is 5.01 Å². The van der Waals surface area contributed by atoms with Crippen molar-refractivity contribution in [1.82, 2.24) is 5.01 Å². The molecule has 2 aliphatic rings. The lowest BCUT2D eigenvalue weighted by Crippen LogP contribution is -2.34. The molecule has 0 saturated heterocycles. The minimum absolute atomic E-state index is 0.0918. The highest BCUT2D eigenvalue weighted by Gasteiger charge is 2.41. The number of hydrogen-bond acceptors (Lipinski definition) is 4. The van der Waals surface area contributed by atoms with E-state index in [1.807, 2.05) is 53.5 Å². The van der Waals surface area contributed by atoms with E-state index in [4.69, 9.17) is 9.84 Å². The first-order chi connectivity index (χ1) is 13.2. The summed E-state index contributed by atoms with van der Waals surface area (Å²) in [7, 11) is 0. The molecule has 0 radical (unpaired) electrons. The maximum Gasteiger partial charge on any atom is 0.214 e. The average molecular weight is 356 g/mol. The van der Waals surface area contributed by atoms with Crippen molar-refractivity contribution in [3.63, 3.8) is 0 Å². The summed E-state index contributed by atoms with van der Waals surface area (Å²) in [5, 5.41) is 17.2. The largest absolute Gasteiger partial charge is 0.507 e. The van der Waals surface area contributed by atoms with E-state index < -0.39 is 0 Å². The molecule has 27 heavy (non-hydrogen) atoms. The molecular formula is C23H20N2O2. The molecule has 0 amide bonds. The standard InChI is InChI=1S/C23H20N2O2/c1-15-8-2-3-9-16(15)23-25-20(18-11-5-7-13-22(18)27-23)14-19(24-25)17-10-4-6-12-21(17)26/h2-13,20,23,26H,14H2,1H3/t20-,23-/m0/s1. The fraction of sp³-hybridized carbons (Fsp3) is 0.174. The Balaban J connectivity index is 1.64. The second-order valence-electron chi connectivity index (χ2n) is 7.03. The van der Waals surface area contributed by atoms with Crippen molar-refractivity contribution in [1.29, 1.82) is 0 Å². The molecule has 3 aromatic carbocycles. The van der Waals surface area contributed by atoms with Gasteiger partial charge in [-0.1, -0.05) is 54.6 Å². The number of benzene rings is 3. The third-order valence-electron chi connectivity index (χ3n) is 5.37. The van der Waals surface area contributed by atoms with Gasteiger partial charge in [0.05, 0.1) is 11.8 Å². The van der Waals surface area contributed by atoms with Crippen LogP contribution >= 0.6 is 0 Å². The van der Waals surface area contributed by atoms with Gasteiger partial charge in [-0.3, -0.25) is 0 Å². The fourth-order valence-corrected chi connectivity index (χ4v) is 3.98. The summed E-state index contributed by atoms with van der Waals surface area (Å²) >= 11 is 0. The van der Waals surface area contributed by atoms with Crippen LogP contribution < -0.4 is 4.74 Å². The number of hydrogen-bond donors (Lipinski definition) is 1. The van der Waals surface area contributed by atoms with Gasteiger partial charge in [0.15, 0.2) is 0 Å². The van der Waals surface area contributed by atoms with Gasteiger partial charge in [0.25, 0.3) is 0 Å². The predicted molar refractivity (Wildman–Crippen MR) is 105 cm³/mol. The Hall–Kier alpha value is -3.27. The van der Waals surface area contributed by atoms with Gasteiger partial charge in [0.2, 0.25) is 6.23 Å². The van der Waals surface area contributed by atoms with Crippen LogP contribution in [0.1, 0.15) is 40.9 Å². The highest BCUT2D eigenvalue weighted by molar-refractivity contribution is 6.04. The van der Waals surface area contributed by atoms with Crippen LogP contribution in [0.2, 0.25) is 0 Å². The molecule has 0 aromatic heterocycles. The van der Waals surface area contributed by atoms with E-state index in [9.17, 15) is 5.11 Å². The van der Waals surface area contributed by atoms with Crippen LogP contribution in [0.5, 0.6) is 11.5 Å². The highest BCUT2D eigenvalue weighted by atomic mass is 16.5. The summed E-state index contributed by atoms with van der Waals surface area (Å²) in [6.07, 6.45) is 0.454.